The molecule has 1 aliphatic heterocycles. The number of carbonyl (C=O) groups is 1. The molecular formula is C16H18N2O2S. The fourth-order valence-electron chi connectivity index (χ4n) is 2.70. The Balaban J connectivity index is 1.73. The minimum Gasteiger partial charge on any atom is -0.478 e. The molecule has 0 radical (unpaired) electrons. The Hall–Kier alpha value is -1.72. The quantitative estimate of drug-likeness (QED) is 0.943. The summed E-state index contributed by atoms with van der Waals surface area (Å²) in [5, 5.41) is 12.4. The van der Waals surface area contributed by atoms with Crippen molar-refractivity contribution in [2.24, 2.45) is 0 Å². The van der Waals surface area contributed by atoms with Crippen molar-refractivity contribution in [1.29, 1.82) is 0 Å². The van der Waals surface area contributed by atoms with Crippen LogP contribution in [0.1, 0.15) is 39.1 Å². The molecule has 4 nitrogen and oxygen atoms in total. The van der Waals surface area contributed by atoms with Crippen molar-refractivity contribution >= 4 is 17.3 Å². The van der Waals surface area contributed by atoms with Gasteiger partial charge < -0.3 is 5.11 Å². The Morgan fingerprint density at radius 2 is 2.29 bits per heavy atom. The highest BCUT2D eigenvalue weighted by molar-refractivity contribution is 7.09. The van der Waals surface area contributed by atoms with Crippen molar-refractivity contribution in [2.45, 2.75) is 32.9 Å². The zero-order valence-electron chi connectivity index (χ0n) is 12.0. The summed E-state index contributed by atoms with van der Waals surface area (Å²) in [6, 6.07) is 5.46. The van der Waals surface area contributed by atoms with E-state index < -0.39 is 5.97 Å². The minimum atomic E-state index is -0.859. The van der Waals surface area contributed by atoms with Gasteiger partial charge in [-0.3, -0.25) is 4.90 Å². The summed E-state index contributed by atoms with van der Waals surface area (Å²) in [6.45, 7) is 4.76. The van der Waals surface area contributed by atoms with Crippen LogP contribution in [-0.4, -0.2) is 27.5 Å². The molecule has 2 heterocycles. The molecule has 0 unspecified atom stereocenters. The molecule has 110 valence electrons. The van der Waals surface area contributed by atoms with Crippen LogP contribution in [0.15, 0.2) is 23.6 Å². The van der Waals surface area contributed by atoms with Gasteiger partial charge in [0, 0.05) is 25.0 Å². The van der Waals surface area contributed by atoms with Crippen LogP contribution < -0.4 is 0 Å². The lowest BCUT2D eigenvalue weighted by molar-refractivity contribution is 0.0696. The Labute approximate surface area is 128 Å². The number of nitrogens with zero attached hydrogens (tertiary/aromatic N) is 2. The number of aromatic carboxylic acids is 1. The summed E-state index contributed by atoms with van der Waals surface area (Å²) in [6.07, 6.45) is 1.95. The minimum absolute atomic E-state index is 0.373. The van der Waals surface area contributed by atoms with E-state index in [2.05, 4.69) is 22.2 Å². The second kappa shape index (κ2) is 5.95. The number of rotatable bonds is 4. The number of thiazole rings is 1. The van der Waals surface area contributed by atoms with Crippen molar-refractivity contribution in [3.63, 3.8) is 0 Å². The van der Waals surface area contributed by atoms with E-state index in [1.165, 1.54) is 10.6 Å². The Bertz CT molecular complexity index is 666. The smallest absolute Gasteiger partial charge is 0.335 e. The van der Waals surface area contributed by atoms with E-state index in [-0.39, 0.29) is 0 Å². The van der Waals surface area contributed by atoms with Gasteiger partial charge in [0.15, 0.2) is 0 Å². The standard InChI is InChI=1S/C16H18N2O2S/c1-2-15-17-14(10-21-15)9-18-6-5-11-3-4-12(16(19)20)7-13(11)8-18/h3-4,7,10H,2,5-6,8-9H2,1H3,(H,19,20). The molecule has 0 saturated heterocycles. The zero-order valence-corrected chi connectivity index (χ0v) is 12.8. The summed E-state index contributed by atoms with van der Waals surface area (Å²) in [4.78, 5) is 18.0. The van der Waals surface area contributed by atoms with E-state index in [1.54, 1.807) is 17.4 Å². The van der Waals surface area contributed by atoms with Crippen LogP contribution in [0.4, 0.5) is 0 Å². The lowest BCUT2D eigenvalue weighted by Gasteiger charge is -2.28. The number of aromatic nitrogens is 1. The third-order valence-electron chi connectivity index (χ3n) is 3.83. The van der Waals surface area contributed by atoms with E-state index in [4.69, 9.17) is 5.11 Å². The van der Waals surface area contributed by atoms with Gasteiger partial charge in [0.2, 0.25) is 0 Å². The van der Waals surface area contributed by atoms with Gasteiger partial charge >= 0.3 is 5.97 Å². The van der Waals surface area contributed by atoms with Crippen molar-refractivity contribution in [2.75, 3.05) is 6.54 Å². The van der Waals surface area contributed by atoms with E-state index in [0.717, 1.165) is 43.7 Å². The van der Waals surface area contributed by atoms with Crippen molar-refractivity contribution < 1.29 is 9.90 Å². The second-order valence-electron chi connectivity index (χ2n) is 5.34. The maximum Gasteiger partial charge on any atom is 0.335 e. The average Bonchev–Trinajstić information content (AvgIpc) is 2.94. The summed E-state index contributed by atoms with van der Waals surface area (Å²) in [5.74, 6) is -0.859. The van der Waals surface area contributed by atoms with Crippen molar-refractivity contribution in [3.8, 4) is 0 Å². The largest absolute Gasteiger partial charge is 0.478 e. The van der Waals surface area contributed by atoms with Crippen LogP contribution in [0.25, 0.3) is 0 Å². The molecule has 0 bridgehead atoms. The van der Waals surface area contributed by atoms with Gasteiger partial charge in [-0.2, -0.15) is 0 Å². The fraction of sp³-hybridized carbons (Fsp3) is 0.375. The first-order valence-corrected chi connectivity index (χ1v) is 8.04. The highest BCUT2D eigenvalue weighted by Crippen LogP contribution is 2.22. The summed E-state index contributed by atoms with van der Waals surface area (Å²) >= 11 is 1.71. The van der Waals surface area contributed by atoms with E-state index in [1.807, 2.05) is 12.1 Å². The fourth-order valence-corrected chi connectivity index (χ4v) is 3.43. The molecule has 5 heteroatoms. The molecule has 1 aliphatic rings. The molecule has 0 fully saturated rings. The zero-order chi connectivity index (χ0) is 14.8. The van der Waals surface area contributed by atoms with Gasteiger partial charge in [0.1, 0.15) is 0 Å². The molecule has 21 heavy (non-hydrogen) atoms. The Morgan fingerprint density at radius 3 is 3.00 bits per heavy atom. The van der Waals surface area contributed by atoms with Crippen molar-refractivity contribution in [1.82, 2.24) is 9.88 Å². The summed E-state index contributed by atoms with van der Waals surface area (Å²) in [5.41, 5.74) is 3.89. The molecule has 1 aromatic heterocycles. The van der Waals surface area contributed by atoms with E-state index >= 15 is 0 Å². The highest BCUT2D eigenvalue weighted by atomic mass is 32.1. The third-order valence-corrected chi connectivity index (χ3v) is 4.87. The van der Waals surface area contributed by atoms with Crippen LogP contribution in [0, 0.1) is 0 Å². The normalized spacial score (nSPS) is 14.9. The molecule has 0 saturated carbocycles. The number of carboxylic acid groups (broad SMARTS) is 1. The maximum absolute atomic E-state index is 11.1. The van der Waals surface area contributed by atoms with E-state index in [9.17, 15) is 4.79 Å². The number of benzene rings is 1. The predicted molar refractivity (Wildman–Crippen MR) is 82.7 cm³/mol. The lowest BCUT2D eigenvalue weighted by Crippen LogP contribution is -2.30. The van der Waals surface area contributed by atoms with Crippen LogP contribution >= 0.6 is 11.3 Å². The monoisotopic (exact) mass is 302 g/mol. The van der Waals surface area contributed by atoms with Crippen molar-refractivity contribution in [3.05, 3.63) is 51.0 Å². The number of fused-ring (bicyclic) bond motifs is 1. The first-order chi connectivity index (χ1) is 10.2. The number of hydrogen-bond donors (Lipinski definition) is 1. The number of aryl methyl sites for hydroxylation is 1. The Morgan fingerprint density at radius 1 is 1.43 bits per heavy atom. The molecule has 1 aromatic carbocycles. The SMILES string of the molecule is CCc1nc(CN2CCc3ccc(C(=O)O)cc3C2)cs1. The van der Waals surface area contributed by atoms with Crippen LogP contribution in [0.2, 0.25) is 0 Å². The van der Waals surface area contributed by atoms with E-state index in [0.29, 0.717) is 5.56 Å². The highest BCUT2D eigenvalue weighted by Gasteiger charge is 2.18. The first-order valence-electron chi connectivity index (χ1n) is 7.16. The summed E-state index contributed by atoms with van der Waals surface area (Å²) < 4.78 is 0. The molecule has 0 aliphatic carbocycles. The molecule has 0 amide bonds. The lowest BCUT2D eigenvalue weighted by atomic mass is 9.97. The third kappa shape index (κ3) is 3.14. The van der Waals surface area contributed by atoms with Gasteiger partial charge in [-0.25, -0.2) is 9.78 Å². The topological polar surface area (TPSA) is 53.4 Å². The van der Waals surface area contributed by atoms with Gasteiger partial charge in [-0.15, -0.1) is 11.3 Å². The van der Waals surface area contributed by atoms with Crippen LogP contribution in [-0.2, 0) is 25.9 Å². The molecular weight excluding hydrogens is 284 g/mol. The van der Waals surface area contributed by atoms with Gasteiger partial charge in [0.25, 0.3) is 0 Å². The van der Waals surface area contributed by atoms with Crippen LogP contribution in [0.3, 0.4) is 0 Å². The first kappa shape index (κ1) is 14.2. The molecule has 0 spiro atoms. The molecule has 0 atom stereocenters. The van der Waals surface area contributed by atoms with Gasteiger partial charge in [-0.05, 0) is 36.1 Å². The number of hydrogen-bond acceptors (Lipinski definition) is 4. The predicted octanol–water partition coefficient (Wildman–Crippen LogP) is 2.96. The molecule has 3 rings (SSSR count). The second-order valence-corrected chi connectivity index (χ2v) is 6.28. The molecule has 2 aromatic rings. The maximum atomic E-state index is 11.1. The van der Waals surface area contributed by atoms with Gasteiger partial charge in [-0.1, -0.05) is 13.0 Å². The number of carboxylic acids is 1. The average molecular weight is 302 g/mol. The van der Waals surface area contributed by atoms with Gasteiger partial charge in [0.05, 0.1) is 16.3 Å². The molecule has 1 N–H and O–H groups in total. The Kier molecular flexibility index (Phi) is 4.03. The summed E-state index contributed by atoms with van der Waals surface area (Å²) in [7, 11) is 0. The van der Waals surface area contributed by atoms with Crippen LogP contribution in [0.5, 0.6) is 0 Å².